The van der Waals surface area contributed by atoms with Gasteiger partial charge in [0.25, 0.3) is 5.91 Å². The van der Waals surface area contributed by atoms with Crippen molar-refractivity contribution in [3.63, 3.8) is 0 Å². The number of nitrogens with one attached hydrogen (secondary N) is 1. The summed E-state index contributed by atoms with van der Waals surface area (Å²) in [6.45, 7) is 2.51. The van der Waals surface area contributed by atoms with Crippen LogP contribution in [0.1, 0.15) is 60.1 Å². The highest BCUT2D eigenvalue weighted by atomic mass is 32.2. The number of fused-ring (bicyclic) bond motifs is 1. The maximum atomic E-state index is 12.5. The van der Waals surface area contributed by atoms with E-state index in [-0.39, 0.29) is 5.91 Å². The molecule has 1 amide bonds. The SMILES string of the molecule is CSc1nnc(CCCNC(=O)c2oc3ccccc3c2C)n1C1CCCC1. The molecule has 1 N–H and O–H groups in total. The van der Waals surface area contributed by atoms with Gasteiger partial charge in [0, 0.05) is 30.0 Å². The van der Waals surface area contributed by atoms with Gasteiger partial charge < -0.3 is 14.3 Å². The lowest BCUT2D eigenvalue weighted by Gasteiger charge is -2.16. The standard InChI is InChI=1S/C21H26N4O2S/c1-14-16-10-5-6-11-17(16)27-19(14)20(26)22-13-7-12-18-23-24-21(28-2)25(18)15-8-3-4-9-15/h5-6,10-11,15H,3-4,7-9,12-13H2,1-2H3,(H,22,26). The second-order valence-corrected chi connectivity index (χ2v) is 8.10. The van der Waals surface area contributed by atoms with E-state index < -0.39 is 0 Å². The van der Waals surface area contributed by atoms with Crippen LogP contribution in [0, 0.1) is 6.92 Å². The van der Waals surface area contributed by atoms with Crippen molar-refractivity contribution in [1.82, 2.24) is 20.1 Å². The van der Waals surface area contributed by atoms with Crippen LogP contribution in [0.15, 0.2) is 33.8 Å². The number of aryl methyl sites for hydroxylation is 2. The van der Waals surface area contributed by atoms with Crippen LogP contribution in [0.25, 0.3) is 11.0 Å². The first kappa shape index (κ1) is 19.1. The highest BCUT2D eigenvalue weighted by Gasteiger charge is 2.23. The van der Waals surface area contributed by atoms with Crippen LogP contribution in [0.5, 0.6) is 0 Å². The largest absolute Gasteiger partial charge is 0.451 e. The fraction of sp³-hybridized carbons (Fsp3) is 0.476. The highest BCUT2D eigenvalue weighted by molar-refractivity contribution is 7.98. The van der Waals surface area contributed by atoms with E-state index in [0.717, 1.165) is 40.4 Å². The Hall–Kier alpha value is -2.28. The maximum Gasteiger partial charge on any atom is 0.287 e. The Balaban J connectivity index is 1.36. The van der Waals surface area contributed by atoms with Crippen LogP contribution in [0.2, 0.25) is 0 Å². The van der Waals surface area contributed by atoms with Gasteiger partial charge in [0.05, 0.1) is 0 Å². The van der Waals surface area contributed by atoms with Gasteiger partial charge in [0.15, 0.2) is 10.9 Å². The summed E-state index contributed by atoms with van der Waals surface area (Å²) in [7, 11) is 0. The Morgan fingerprint density at radius 3 is 2.82 bits per heavy atom. The lowest BCUT2D eigenvalue weighted by Crippen LogP contribution is -2.25. The van der Waals surface area contributed by atoms with Gasteiger partial charge in [-0.2, -0.15) is 0 Å². The molecule has 0 bridgehead atoms. The molecule has 28 heavy (non-hydrogen) atoms. The van der Waals surface area contributed by atoms with Gasteiger partial charge in [0.1, 0.15) is 11.4 Å². The van der Waals surface area contributed by atoms with E-state index in [2.05, 4.69) is 26.3 Å². The summed E-state index contributed by atoms with van der Waals surface area (Å²) in [5.74, 6) is 1.28. The molecule has 1 fully saturated rings. The third kappa shape index (κ3) is 3.68. The van der Waals surface area contributed by atoms with Gasteiger partial charge in [-0.3, -0.25) is 4.79 Å². The van der Waals surface area contributed by atoms with Crippen molar-refractivity contribution in [2.75, 3.05) is 12.8 Å². The number of para-hydroxylation sites is 1. The molecule has 0 aliphatic heterocycles. The van der Waals surface area contributed by atoms with E-state index in [1.54, 1.807) is 11.8 Å². The number of hydrogen-bond donors (Lipinski definition) is 1. The number of aromatic nitrogens is 3. The van der Waals surface area contributed by atoms with Crippen LogP contribution >= 0.6 is 11.8 Å². The average Bonchev–Trinajstić information content (AvgIpc) is 3.44. The lowest BCUT2D eigenvalue weighted by molar-refractivity contribution is 0.0926. The number of furan rings is 1. The predicted molar refractivity (Wildman–Crippen MR) is 111 cm³/mol. The number of amides is 1. The van der Waals surface area contributed by atoms with Crippen LogP contribution in [-0.2, 0) is 6.42 Å². The Labute approximate surface area is 169 Å². The van der Waals surface area contributed by atoms with Gasteiger partial charge in [-0.05, 0) is 38.5 Å². The fourth-order valence-electron chi connectivity index (χ4n) is 4.07. The molecule has 148 valence electrons. The van der Waals surface area contributed by atoms with E-state index in [9.17, 15) is 4.79 Å². The molecule has 6 nitrogen and oxygen atoms in total. The molecule has 0 spiro atoms. The molecule has 7 heteroatoms. The molecular formula is C21H26N4O2S. The topological polar surface area (TPSA) is 73.0 Å². The molecule has 1 aliphatic rings. The average molecular weight is 399 g/mol. The van der Waals surface area contributed by atoms with Gasteiger partial charge in [-0.25, -0.2) is 0 Å². The number of carbonyl (C=O) groups excluding carboxylic acids is 1. The first-order valence-corrected chi connectivity index (χ1v) is 11.2. The maximum absolute atomic E-state index is 12.5. The van der Waals surface area contributed by atoms with E-state index in [0.29, 0.717) is 18.3 Å². The first-order chi connectivity index (χ1) is 13.7. The number of thioether (sulfide) groups is 1. The summed E-state index contributed by atoms with van der Waals surface area (Å²) in [6.07, 6.45) is 8.66. The molecule has 0 saturated heterocycles. The number of nitrogens with zero attached hydrogens (tertiary/aromatic N) is 3. The number of hydrogen-bond acceptors (Lipinski definition) is 5. The van der Waals surface area contributed by atoms with Crippen LogP contribution in [0.4, 0.5) is 0 Å². The Morgan fingerprint density at radius 1 is 1.29 bits per heavy atom. The summed E-state index contributed by atoms with van der Waals surface area (Å²) >= 11 is 1.66. The van der Waals surface area contributed by atoms with Gasteiger partial charge in [0.2, 0.25) is 0 Å². The molecule has 3 aromatic rings. The zero-order chi connectivity index (χ0) is 19.5. The quantitative estimate of drug-likeness (QED) is 0.467. The highest BCUT2D eigenvalue weighted by Crippen LogP contribution is 2.33. The zero-order valence-corrected chi connectivity index (χ0v) is 17.2. The fourth-order valence-corrected chi connectivity index (χ4v) is 4.64. The predicted octanol–water partition coefficient (Wildman–Crippen LogP) is 4.53. The van der Waals surface area contributed by atoms with Crippen molar-refractivity contribution < 1.29 is 9.21 Å². The zero-order valence-electron chi connectivity index (χ0n) is 16.4. The smallest absolute Gasteiger partial charge is 0.287 e. The van der Waals surface area contributed by atoms with Crippen molar-refractivity contribution in [1.29, 1.82) is 0 Å². The third-order valence-electron chi connectivity index (χ3n) is 5.52. The minimum atomic E-state index is -0.157. The van der Waals surface area contributed by atoms with E-state index in [1.165, 1.54) is 25.7 Å². The van der Waals surface area contributed by atoms with Crippen LogP contribution in [-0.4, -0.2) is 33.5 Å². The van der Waals surface area contributed by atoms with Crippen molar-refractivity contribution in [3.05, 3.63) is 41.4 Å². The molecule has 2 aromatic heterocycles. The van der Waals surface area contributed by atoms with E-state index >= 15 is 0 Å². The molecule has 1 aliphatic carbocycles. The number of carbonyl (C=O) groups is 1. The van der Waals surface area contributed by atoms with E-state index in [1.807, 2.05) is 31.2 Å². The van der Waals surface area contributed by atoms with Crippen molar-refractivity contribution in [3.8, 4) is 0 Å². The monoisotopic (exact) mass is 398 g/mol. The lowest BCUT2D eigenvalue weighted by atomic mass is 10.1. The van der Waals surface area contributed by atoms with Crippen LogP contribution in [0.3, 0.4) is 0 Å². The third-order valence-corrected chi connectivity index (χ3v) is 6.16. The molecule has 4 rings (SSSR count). The summed E-state index contributed by atoms with van der Waals surface area (Å²) in [4.78, 5) is 12.5. The molecule has 1 aromatic carbocycles. The second kappa shape index (κ2) is 8.39. The summed E-state index contributed by atoms with van der Waals surface area (Å²) in [6, 6.07) is 8.26. The first-order valence-electron chi connectivity index (χ1n) is 9.93. The summed E-state index contributed by atoms with van der Waals surface area (Å²) in [5.41, 5.74) is 1.64. The minimum absolute atomic E-state index is 0.157. The Kier molecular flexibility index (Phi) is 5.71. The van der Waals surface area contributed by atoms with Crippen molar-refractivity contribution in [2.24, 2.45) is 0 Å². The normalized spacial score (nSPS) is 14.8. The number of benzene rings is 1. The molecule has 0 radical (unpaired) electrons. The summed E-state index contributed by atoms with van der Waals surface area (Å²) in [5, 5.41) is 13.7. The van der Waals surface area contributed by atoms with Crippen LogP contribution < -0.4 is 5.32 Å². The molecule has 2 heterocycles. The Morgan fingerprint density at radius 2 is 2.07 bits per heavy atom. The number of rotatable bonds is 7. The van der Waals surface area contributed by atoms with Crippen molar-refractivity contribution >= 4 is 28.6 Å². The summed E-state index contributed by atoms with van der Waals surface area (Å²) < 4.78 is 8.06. The van der Waals surface area contributed by atoms with Gasteiger partial charge in [-0.15, -0.1) is 10.2 Å². The molecule has 1 saturated carbocycles. The second-order valence-electron chi connectivity index (χ2n) is 7.32. The minimum Gasteiger partial charge on any atom is -0.451 e. The molecule has 0 unspecified atom stereocenters. The van der Waals surface area contributed by atoms with Crippen molar-refractivity contribution in [2.45, 2.75) is 56.6 Å². The Bertz CT molecular complexity index is 972. The van der Waals surface area contributed by atoms with Gasteiger partial charge >= 0.3 is 0 Å². The van der Waals surface area contributed by atoms with Gasteiger partial charge in [-0.1, -0.05) is 42.8 Å². The molecule has 0 atom stereocenters. The van der Waals surface area contributed by atoms with E-state index in [4.69, 9.17) is 4.42 Å². The molecular weight excluding hydrogens is 372 g/mol.